The van der Waals surface area contributed by atoms with Crippen LogP contribution in [0.3, 0.4) is 0 Å². The Labute approximate surface area is 151 Å². The van der Waals surface area contributed by atoms with Crippen LogP contribution >= 0.6 is 11.3 Å². The molecule has 0 saturated carbocycles. The van der Waals surface area contributed by atoms with Crippen molar-refractivity contribution >= 4 is 16.3 Å². The average Bonchev–Trinajstić information content (AvgIpc) is 3.19. The Hall–Kier alpha value is -2.43. The van der Waals surface area contributed by atoms with Gasteiger partial charge in [-0.3, -0.25) is 4.40 Å². The van der Waals surface area contributed by atoms with Gasteiger partial charge in [0.2, 0.25) is 0 Å². The van der Waals surface area contributed by atoms with Crippen molar-refractivity contribution in [3.8, 4) is 22.5 Å². The lowest BCUT2D eigenvalue weighted by molar-refractivity contribution is 0.913. The van der Waals surface area contributed by atoms with Gasteiger partial charge < -0.3 is 5.73 Å². The summed E-state index contributed by atoms with van der Waals surface area (Å²) in [6.07, 6.45) is 0.806. The summed E-state index contributed by atoms with van der Waals surface area (Å²) in [4.78, 5) is 5.94. The fraction of sp³-hybridized carbons (Fsp3) is 0.190. The SMILES string of the molecule is Cc1ccc(-c2csc3nc(-c4ccccc4)c(CCN)n23)cc1C. The Bertz CT molecular complexity index is 1030. The van der Waals surface area contributed by atoms with Gasteiger partial charge in [0, 0.05) is 17.4 Å². The molecule has 2 heterocycles. The van der Waals surface area contributed by atoms with E-state index in [1.807, 2.05) is 6.07 Å². The van der Waals surface area contributed by atoms with Gasteiger partial charge in [-0.2, -0.15) is 0 Å². The van der Waals surface area contributed by atoms with Crippen LogP contribution in [0, 0.1) is 13.8 Å². The van der Waals surface area contributed by atoms with Gasteiger partial charge in [-0.1, -0.05) is 42.5 Å². The molecule has 2 aromatic heterocycles. The van der Waals surface area contributed by atoms with Crippen LogP contribution in [-0.2, 0) is 6.42 Å². The first-order valence-corrected chi connectivity index (χ1v) is 9.39. The number of aromatic nitrogens is 2. The van der Waals surface area contributed by atoms with Crippen molar-refractivity contribution < 1.29 is 0 Å². The zero-order valence-electron chi connectivity index (χ0n) is 14.5. The number of thiazole rings is 1. The van der Waals surface area contributed by atoms with Crippen LogP contribution in [0.25, 0.3) is 27.5 Å². The van der Waals surface area contributed by atoms with Gasteiger partial charge in [-0.05, 0) is 43.1 Å². The van der Waals surface area contributed by atoms with Gasteiger partial charge >= 0.3 is 0 Å². The van der Waals surface area contributed by atoms with Crippen LogP contribution in [-0.4, -0.2) is 15.9 Å². The lowest BCUT2D eigenvalue weighted by Gasteiger charge is -2.08. The predicted molar refractivity (Wildman–Crippen MR) is 106 cm³/mol. The number of benzene rings is 2. The first-order chi connectivity index (χ1) is 12.2. The van der Waals surface area contributed by atoms with Gasteiger partial charge in [0.25, 0.3) is 0 Å². The number of fused-ring (bicyclic) bond motifs is 1. The monoisotopic (exact) mass is 347 g/mol. The van der Waals surface area contributed by atoms with Gasteiger partial charge in [0.1, 0.15) is 0 Å². The van der Waals surface area contributed by atoms with Crippen LogP contribution in [0.4, 0.5) is 0 Å². The maximum absolute atomic E-state index is 5.92. The quantitative estimate of drug-likeness (QED) is 0.573. The van der Waals surface area contributed by atoms with Crippen molar-refractivity contribution in [2.45, 2.75) is 20.3 Å². The lowest BCUT2D eigenvalue weighted by atomic mass is 10.0. The minimum Gasteiger partial charge on any atom is -0.330 e. The fourth-order valence-electron chi connectivity index (χ4n) is 3.21. The molecule has 4 rings (SSSR count). The summed E-state index contributed by atoms with van der Waals surface area (Å²) >= 11 is 1.69. The van der Waals surface area contributed by atoms with E-state index in [1.54, 1.807) is 11.3 Å². The summed E-state index contributed by atoms with van der Waals surface area (Å²) in [5.74, 6) is 0. The zero-order valence-corrected chi connectivity index (χ0v) is 15.3. The minimum atomic E-state index is 0.607. The molecule has 0 saturated heterocycles. The second-order valence-electron chi connectivity index (χ2n) is 6.35. The lowest BCUT2D eigenvalue weighted by Crippen LogP contribution is -2.06. The van der Waals surface area contributed by atoms with Crippen molar-refractivity contribution in [1.29, 1.82) is 0 Å². The molecule has 0 unspecified atom stereocenters. The van der Waals surface area contributed by atoms with E-state index in [-0.39, 0.29) is 0 Å². The van der Waals surface area contributed by atoms with E-state index in [1.165, 1.54) is 28.1 Å². The second-order valence-corrected chi connectivity index (χ2v) is 7.19. The van der Waals surface area contributed by atoms with Gasteiger partial charge in [0.05, 0.1) is 17.1 Å². The molecule has 126 valence electrons. The topological polar surface area (TPSA) is 43.3 Å². The van der Waals surface area contributed by atoms with Crippen molar-refractivity contribution in [2.24, 2.45) is 5.73 Å². The highest BCUT2D eigenvalue weighted by molar-refractivity contribution is 7.15. The van der Waals surface area contributed by atoms with E-state index in [9.17, 15) is 0 Å². The molecule has 0 atom stereocenters. The summed E-state index contributed by atoms with van der Waals surface area (Å²) in [5.41, 5.74) is 14.3. The first kappa shape index (κ1) is 16.1. The molecule has 0 aliphatic rings. The zero-order chi connectivity index (χ0) is 17.4. The van der Waals surface area contributed by atoms with E-state index in [0.29, 0.717) is 6.54 Å². The van der Waals surface area contributed by atoms with Crippen molar-refractivity contribution in [1.82, 2.24) is 9.38 Å². The van der Waals surface area contributed by atoms with Crippen molar-refractivity contribution in [3.63, 3.8) is 0 Å². The van der Waals surface area contributed by atoms with Gasteiger partial charge in [-0.25, -0.2) is 4.98 Å². The molecular formula is C21H21N3S. The Morgan fingerprint density at radius 2 is 1.80 bits per heavy atom. The Morgan fingerprint density at radius 1 is 1.00 bits per heavy atom. The largest absolute Gasteiger partial charge is 0.330 e. The third-order valence-electron chi connectivity index (χ3n) is 4.69. The number of rotatable bonds is 4. The summed E-state index contributed by atoms with van der Waals surface area (Å²) in [5, 5.41) is 2.20. The van der Waals surface area contributed by atoms with Crippen LogP contribution in [0.5, 0.6) is 0 Å². The number of imidazole rings is 1. The third kappa shape index (κ3) is 2.77. The maximum atomic E-state index is 5.92. The Balaban J connectivity index is 1.95. The van der Waals surface area contributed by atoms with Crippen molar-refractivity contribution in [3.05, 3.63) is 70.7 Å². The number of nitrogens with zero attached hydrogens (tertiary/aromatic N) is 2. The van der Waals surface area contributed by atoms with E-state index in [0.717, 1.165) is 22.6 Å². The summed E-state index contributed by atoms with van der Waals surface area (Å²) in [6.45, 7) is 4.91. The van der Waals surface area contributed by atoms with Gasteiger partial charge in [-0.15, -0.1) is 11.3 Å². The Kier molecular flexibility index (Phi) is 4.15. The number of nitrogens with two attached hydrogens (primary N) is 1. The van der Waals surface area contributed by atoms with Crippen molar-refractivity contribution in [2.75, 3.05) is 6.54 Å². The molecular weight excluding hydrogens is 326 g/mol. The molecule has 4 aromatic rings. The molecule has 0 bridgehead atoms. The highest BCUT2D eigenvalue weighted by Crippen LogP contribution is 2.33. The van der Waals surface area contributed by atoms with E-state index < -0.39 is 0 Å². The molecule has 2 aromatic carbocycles. The van der Waals surface area contributed by atoms with Crippen LogP contribution in [0.15, 0.2) is 53.9 Å². The number of aryl methyl sites for hydroxylation is 2. The Morgan fingerprint density at radius 3 is 2.52 bits per heavy atom. The smallest absolute Gasteiger partial charge is 0.194 e. The van der Waals surface area contributed by atoms with E-state index in [2.05, 4.69) is 66.1 Å². The fourth-order valence-corrected chi connectivity index (χ4v) is 4.13. The second kappa shape index (κ2) is 6.47. The molecule has 4 heteroatoms. The maximum Gasteiger partial charge on any atom is 0.194 e. The van der Waals surface area contributed by atoms with Crippen LogP contribution < -0.4 is 5.73 Å². The van der Waals surface area contributed by atoms with E-state index >= 15 is 0 Å². The average molecular weight is 347 g/mol. The van der Waals surface area contributed by atoms with Crippen LogP contribution in [0.2, 0.25) is 0 Å². The molecule has 2 N–H and O–H groups in total. The predicted octanol–water partition coefficient (Wildman–Crippen LogP) is 4.85. The van der Waals surface area contributed by atoms with Crippen LogP contribution in [0.1, 0.15) is 16.8 Å². The minimum absolute atomic E-state index is 0.607. The number of hydrogen-bond donors (Lipinski definition) is 1. The molecule has 0 amide bonds. The summed E-state index contributed by atoms with van der Waals surface area (Å²) < 4.78 is 2.28. The standard InChI is InChI=1S/C21H21N3S/c1-14-8-9-17(12-15(14)2)19-13-25-21-23-20(16-6-4-3-5-7-16)18(10-11-22)24(19)21/h3-9,12-13H,10-11,22H2,1-2H3. The molecule has 0 fully saturated rings. The van der Waals surface area contributed by atoms with E-state index in [4.69, 9.17) is 10.7 Å². The molecule has 0 aliphatic carbocycles. The third-order valence-corrected chi connectivity index (χ3v) is 5.52. The molecule has 0 aliphatic heterocycles. The summed E-state index contributed by atoms with van der Waals surface area (Å²) in [6, 6.07) is 17.0. The normalized spacial score (nSPS) is 11.3. The molecule has 0 radical (unpaired) electrons. The molecule has 3 nitrogen and oxygen atoms in total. The molecule has 25 heavy (non-hydrogen) atoms. The number of hydrogen-bond acceptors (Lipinski definition) is 3. The molecule has 0 spiro atoms. The highest BCUT2D eigenvalue weighted by Gasteiger charge is 2.18. The summed E-state index contributed by atoms with van der Waals surface area (Å²) in [7, 11) is 0. The van der Waals surface area contributed by atoms with Gasteiger partial charge in [0.15, 0.2) is 4.96 Å². The first-order valence-electron chi connectivity index (χ1n) is 8.51. The highest BCUT2D eigenvalue weighted by atomic mass is 32.1.